The second kappa shape index (κ2) is 7.66. The van der Waals surface area contributed by atoms with Crippen LogP contribution in [0, 0.1) is 19.8 Å². The zero-order chi connectivity index (χ0) is 17.9. The van der Waals surface area contributed by atoms with Crippen LogP contribution in [-0.4, -0.2) is 54.0 Å². The Bertz CT molecular complexity index is 599. The van der Waals surface area contributed by atoms with Gasteiger partial charge in [0.05, 0.1) is 0 Å². The average Bonchev–Trinajstić information content (AvgIpc) is 2.56. The fourth-order valence-corrected chi connectivity index (χ4v) is 2.91. The van der Waals surface area contributed by atoms with Crippen LogP contribution < -0.4 is 10.6 Å². The van der Waals surface area contributed by atoms with Crippen LogP contribution in [0.2, 0.25) is 0 Å². The summed E-state index contributed by atoms with van der Waals surface area (Å²) in [6, 6.07) is 2.74. The number of phenols is 1. The highest BCUT2D eigenvalue weighted by Gasteiger charge is 2.29. The van der Waals surface area contributed by atoms with Gasteiger partial charge in [0.2, 0.25) is 5.91 Å². The Balaban J connectivity index is 2.15. The monoisotopic (exact) mass is 333 g/mol. The minimum Gasteiger partial charge on any atom is -0.507 e. The molecule has 6 nitrogen and oxygen atoms in total. The van der Waals surface area contributed by atoms with Crippen LogP contribution in [-0.2, 0) is 4.79 Å². The molecule has 1 fully saturated rings. The maximum absolute atomic E-state index is 12.7. The molecule has 0 saturated carbocycles. The van der Waals surface area contributed by atoms with Gasteiger partial charge in [-0.05, 0) is 43.0 Å². The van der Waals surface area contributed by atoms with E-state index in [1.54, 1.807) is 30.9 Å². The van der Waals surface area contributed by atoms with E-state index in [1.165, 1.54) is 0 Å². The first-order chi connectivity index (χ1) is 11.3. The number of phenolic OH excluding ortho intramolecular Hbond substituents is 1. The fourth-order valence-electron chi connectivity index (χ4n) is 2.91. The van der Waals surface area contributed by atoms with E-state index in [4.69, 9.17) is 0 Å². The van der Waals surface area contributed by atoms with E-state index in [-0.39, 0.29) is 23.5 Å². The number of aromatic hydroxyl groups is 1. The Morgan fingerprint density at radius 3 is 2.21 bits per heavy atom. The maximum atomic E-state index is 12.7. The number of piperazine rings is 1. The van der Waals surface area contributed by atoms with Crippen LogP contribution in [0.4, 0.5) is 0 Å². The first-order valence-corrected chi connectivity index (χ1v) is 8.42. The average molecular weight is 333 g/mol. The lowest BCUT2D eigenvalue weighted by Crippen LogP contribution is -2.55. The first kappa shape index (κ1) is 18.3. The zero-order valence-corrected chi connectivity index (χ0v) is 14.8. The number of hydrogen-bond donors (Lipinski definition) is 3. The van der Waals surface area contributed by atoms with Crippen molar-refractivity contribution in [1.29, 1.82) is 0 Å². The number of carbonyl (C=O) groups is 2. The predicted octanol–water partition coefficient (Wildman–Crippen LogP) is 1.20. The number of aryl methyl sites for hydroxylation is 2. The fraction of sp³-hybridized carbons (Fsp3) is 0.556. The number of carbonyl (C=O) groups excluding carboxylic acids is 2. The van der Waals surface area contributed by atoms with Crippen molar-refractivity contribution in [3.8, 4) is 5.75 Å². The molecule has 132 valence electrons. The summed E-state index contributed by atoms with van der Waals surface area (Å²) in [5.41, 5.74) is 1.76. The van der Waals surface area contributed by atoms with Gasteiger partial charge in [0.25, 0.3) is 5.91 Å². The molecular formula is C18H27N3O3. The summed E-state index contributed by atoms with van der Waals surface area (Å²) in [6.45, 7) is 10.2. The second-order valence-electron chi connectivity index (χ2n) is 6.73. The van der Waals surface area contributed by atoms with Gasteiger partial charge in [-0.3, -0.25) is 9.59 Å². The molecule has 1 saturated heterocycles. The number of amides is 2. The number of nitrogens with zero attached hydrogens (tertiary/aromatic N) is 1. The highest BCUT2D eigenvalue weighted by atomic mass is 16.3. The van der Waals surface area contributed by atoms with Gasteiger partial charge < -0.3 is 20.6 Å². The van der Waals surface area contributed by atoms with Crippen molar-refractivity contribution >= 4 is 11.8 Å². The molecule has 1 aromatic rings. The lowest BCUT2D eigenvalue weighted by Gasteiger charge is -2.32. The standard InChI is InChI=1S/C18H27N3O3/c1-11(2)15(18(24)21-7-5-19-6-8-21)20-17(23)14-9-12(3)16(22)13(4)10-14/h9-11,15,19,22H,5-8H2,1-4H3,(H,20,23)/t15-/m0/s1. The van der Waals surface area contributed by atoms with Crippen molar-refractivity contribution < 1.29 is 14.7 Å². The molecular weight excluding hydrogens is 306 g/mol. The van der Waals surface area contributed by atoms with Gasteiger partial charge in [-0.15, -0.1) is 0 Å². The third kappa shape index (κ3) is 4.06. The van der Waals surface area contributed by atoms with Crippen LogP contribution in [0.3, 0.4) is 0 Å². The van der Waals surface area contributed by atoms with Crippen molar-refractivity contribution in [2.24, 2.45) is 5.92 Å². The van der Waals surface area contributed by atoms with E-state index < -0.39 is 6.04 Å². The number of benzene rings is 1. The summed E-state index contributed by atoms with van der Waals surface area (Å²) in [4.78, 5) is 27.1. The molecule has 1 aliphatic heterocycles. The maximum Gasteiger partial charge on any atom is 0.251 e. The smallest absolute Gasteiger partial charge is 0.251 e. The Kier molecular flexibility index (Phi) is 5.83. The largest absolute Gasteiger partial charge is 0.507 e. The van der Waals surface area contributed by atoms with E-state index in [0.717, 1.165) is 13.1 Å². The zero-order valence-electron chi connectivity index (χ0n) is 14.8. The molecule has 0 unspecified atom stereocenters. The summed E-state index contributed by atoms with van der Waals surface area (Å²) in [7, 11) is 0. The van der Waals surface area contributed by atoms with Gasteiger partial charge >= 0.3 is 0 Å². The Labute approximate surface area is 143 Å². The van der Waals surface area contributed by atoms with Crippen LogP contribution in [0.5, 0.6) is 5.75 Å². The van der Waals surface area contributed by atoms with Gasteiger partial charge in [-0.25, -0.2) is 0 Å². The summed E-state index contributed by atoms with van der Waals surface area (Å²) in [5, 5.41) is 15.9. The van der Waals surface area contributed by atoms with E-state index in [9.17, 15) is 14.7 Å². The van der Waals surface area contributed by atoms with Crippen LogP contribution in [0.15, 0.2) is 12.1 Å². The molecule has 0 aliphatic carbocycles. The van der Waals surface area contributed by atoms with Gasteiger partial charge in [0.1, 0.15) is 11.8 Å². The third-order valence-corrected chi connectivity index (χ3v) is 4.40. The van der Waals surface area contributed by atoms with Crippen molar-refractivity contribution in [1.82, 2.24) is 15.5 Å². The SMILES string of the molecule is Cc1cc(C(=O)N[C@H](C(=O)N2CCNCC2)C(C)C)cc(C)c1O. The molecule has 0 bridgehead atoms. The van der Waals surface area contributed by atoms with Crippen LogP contribution >= 0.6 is 0 Å². The minimum absolute atomic E-state index is 0.00403. The Morgan fingerprint density at radius 2 is 1.71 bits per heavy atom. The molecule has 6 heteroatoms. The number of hydrogen-bond acceptors (Lipinski definition) is 4. The summed E-state index contributed by atoms with van der Waals surface area (Å²) in [5.74, 6) is -0.130. The molecule has 3 N–H and O–H groups in total. The van der Waals surface area contributed by atoms with E-state index >= 15 is 0 Å². The lowest BCUT2D eigenvalue weighted by atomic mass is 10.0. The molecule has 0 radical (unpaired) electrons. The molecule has 0 aromatic heterocycles. The molecule has 1 heterocycles. The van der Waals surface area contributed by atoms with Crippen LogP contribution in [0.25, 0.3) is 0 Å². The normalized spacial score (nSPS) is 16.1. The summed E-state index contributed by atoms with van der Waals surface area (Å²) >= 11 is 0. The molecule has 24 heavy (non-hydrogen) atoms. The van der Waals surface area contributed by atoms with Crippen molar-refractivity contribution in [3.63, 3.8) is 0 Å². The summed E-state index contributed by atoms with van der Waals surface area (Å²) < 4.78 is 0. The highest BCUT2D eigenvalue weighted by Crippen LogP contribution is 2.23. The van der Waals surface area contributed by atoms with Crippen molar-refractivity contribution in [2.75, 3.05) is 26.2 Å². The van der Waals surface area contributed by atoms with Gasteiger partial charge in [-0.2, -0.15) is 0 Å². The third-order valence-electron chi connectivity index (χ3n) is 4.40. The Morgan fingerprint density at radius 1 is 1.17 bits per heavy atom. The van der Waals surface area contributed by atoms with Gasteiger partial charge in [-0.1, -0.05) is 13.8 Å². The second-order valence-corrected chi connectivity index (χ2v) is 6.73. The predicted molar refractivity (Wildman–Crippen MR) is 93.1 cm³/mol. The number of nitrogens with one attached hydrogen (secondary N) is 2. The molecule has 0 spiro atoms. The van der Waals surface area contributed by atoms with Gasteiger partial charge in [0.15, 0.2) is 0 Å². The van der Waals surface area contributed by atoms with E-state index in [2.05, 4.69) is 10.6 Å². The van der Waals surface area contributed by atoms with Crippen molar-refractivity contribution in [2.45, 2.75) is 33.7 Å². The summed E-state index contributed by atoms with van der Waals surface area (Å²) in [6.07, 6.45) is 0. The van der Waals surface area contributed by atoms with E-state index in [0.29, 0.717) is 29.8 Å². The van der Waals surface area contributed by atoms with Crippen molar-refractivity contribution in [3.05, 3.63) is 28.8 Å². The molecule has 2 amide bonds. The van der Waals surface area contributed by atoms with Crippen LogP contribution in [0.1, 0.15) is 35.3 Å². The number of rotatable bonds is 4. The minimum atomic E-state index is -0.551. The molecule has 1 aromatic carbocycles. The van der Waals surface area contributed by atoms with Gasteiger partial charge in [0, 0.05) is 31.7 Å². The van der Waals surface area contributed by atoms with E-state index in [1.807, 2.05) is 13.8 Å². The first-order valence-electron chi connectivity index (χ1n) is 8.42. The lowest BCUT2D eigenvalue weighted by molar-refractivity contribution is -0.134. The quantitative estimate of drug-likeness (QED) is 0.773. The highest BCUT2D eigenvalue weighted by molar-refractivity contribution is 5.98. The topological polar surface area (TPSA) is 81.7 Å². The Hall–Kier alpha value is -2.08. The molecule has 2 rings (SSSR count). The molecule has 1 aliphatic rings. The molecule has 1 atom stereocenters.